The molecule has 0 aromatic carbocycles. The average Bonchev–Trinajstić information content (AvgIpc) is 1.90. The van der Waals surface area contributed by atoms with E-state index >= 15 is 0 Å². The van der Waals surface area contributed by atoms with Crippen LogP contribution in [0.2, 0.25) is 0 Å². The topological polar surface area (TPSA) is 20.2 Å². The first kappa shape index (κ1) is 5.83. The van der Waals surface area contributed by atoms with Crippen molar-refractivity contribution in [1.29, 1.82) is 0 Å². The first-order valence-electron chi connectivity index (χ1n) is 3.09. The Bertz CT molecular complexity index is 86.4. The van der Waals surface area contributed by atoms with Gasteiger partial charge in [-0.3, -0.25) is 0 Å². The number of aliphatic hydroxyl groups is 1. The van der Waals surface area contributed by atoms with Crippen LogP contribution in [0.1, 0.15) is 19.3 Å². The summed E-state index contributed by atoms with van der Waals surface area (Å²) in [4.78, 5) is 0. The Morgan fingerprint density at radius 3 is 3.00 bits per heavy atom. The fourth-order valence-corrected chi connectivity index (χ4v) is 0.929. The summed E-state index contributed by atoms with van der Waals surface area (Å²) in [5.41, 5.74) is 0. The van der Waals surface area contributed by atoms with Gasteiger partial charge in [0.2, 0.25) is 0 Å². The van der Waals surface area contributed by atoms with E-state index in [1.807, 2.05) is 0 Å². The van der Waals surface area contributed by atoms with Crippen LogP contribution in [-0.4, -0.2) is 11.7 Å². The van der Waals surface area contributed by atoms with E-state index < -0.39 is 0 Å². The van der Waals surface area contributed by atoms with Gasteiger partial charge in [0.15, 0.2) is 0 Å². The zero-order chi connectivity index (χ0) is 5.82. The third-order valence-corrected chi connectivity index (χ3v) is 1.53. The molecule has 1 nitrogen and oxygen atoms in total. The summed E-state index contributed by atoms with van der Waals surface area (Å²) < 4.78 is 0. The van der Waals surface area contributed by atoms with Crippen molar-refractivity contribution in [3.63, 3.8) is 0 Å². The molecule has 0 heterocycles. The first-order valence-corrected chi connectivity index (χ1v) is 3.09. The van der Waals surface area contributed by atoms with Gasteiger partial charge in [-0.25, -0.2) is 0 Å². The highest BCUT2D eigenvalue weighted by Crippen LogP contribution is 2.15. The van der Waals surface area contributed by atoms with Crippen LogP contribution in [0.5, 0.6) is 0 Å². The second-order valence-electron chi connectivity index (χ2n) is 2.24. The minimum atomic E-state index is 0.334. The molecule has 1 heteroatoms. The number of hydrogen-bond donors (Lipinski definition) is 1. The lowest BCUT2D eigenvalue weighted by Gasteiger charge is -2.12. The average molecular weight is 111 g/mol. The van der Waals surface area contributed by atoms with Crippen molar-refractivity contribution < 1.29 is 5.11 Å². The van der Waals surface area contributed by atoms with Crippen molar-refractivity contribution in [2.45, 2.75) is 19.3 Å². The molecular weight excluding hydrogens is 100 g/mol. The number of rotatable bonds is 1. The Hall–Kier alpha value is -0.300. The van der Waals surface area contributed by atoms with Crippen LogP contribution in [0.15, 0.2) is 6.08 Å². The van der Waals surface area contributed by atoms with Crippen LogP contribution in [-0.2, 0) is 0 Å². The molecule has 0 amide bonds. The molecule has 1 unspecified atom stereocenters. The van der Waals surface area contributed by atoms with Crippen molar-refractivity contribution in [1.82, 2.24) is 0 Å². The van der Waals surface area contributed by atoms with Gasteiger partial charge in [0.25, 0.3) is 0 Å². The molecule has 1 aliphatic carbocycles. The highest BCUT2D eigenvalue weighted by atomic mass is 16.3. The molecule has 0 bridgehead atoms. The van der Waals surface area contributed by atoms with Gasteiger partial charge in [-0.1, -0.05) is 6.08 Å². The predicted molar refractivity (Wildman–Crippen MR) is 32.2 cm³/mol. The number of hydrogen-bond acceptors (Lipinski definition) is 1. The molecule has 8 heavy (non-hydrogen) atoms. The normalized spacial score (nSPS) is 28.4. The van der Waals surface area contributed by atoms with Crippen LogP contribution in [0.4, 0.5) is 0 Å². The molecule has 1 radical (unpaired) electrons. The molecule has 0 fully saturated rings. The smallest absolute Gasteiger partial charge is 0.0462 e. The fourth-order valence-electron chi connectivity index (χ4n) is 0.929. The summed E-state index contributed by atoms with van der Waals surface area (Å²) in [6.45, 7) is 0.334. The van der Waals surface area contributed by atoms with E-state index in [0.29, 0.717) is 12.5 Å². The molecule has 45 valence electrons. The molecule has 0 aliphatic heterocycles. The molecule has 1 rings (SSSR count). The summed E-state index contributed by atoms with van der Waals surface area (Å²) in [6, 6.07) is 0. The van der Waals surface area contributed by atoms with Gasteiger partial charge >= 0.3 is 0 Å². The Kier molecular flexibility index (Phi) is 2.10. The molecular formula is C7H11O. The van der Waals surface area contributed by atoms with E-state index in [4.69, 9.17) is 5.11 Å². The highest BCUT2D eigenvalue weighted by molar-refractivity contribution is 4.82. The van der Waals surface area contributed by atoms with Gasteiger partial charge in [-0.15, -0.1) is 0 Å². The van der Waals surface area contributed by atoms with Gasteiger partial charge in [-0.05, 0) is 31.3 Å². The molecule has 0 aromatic rings. The summed E-state index contributed by atoms with van der Waals surface area (Å²) in [5, 5.41) is 8.64. The number of aliphatic hydroxyl groups excluding tert-OH is 1. The molecule has 0 saturated heterocycles. The van der Waals surface area contributed by atoms with Gasteiger partial charge in [0, 0.05) is 6.61 Å². The highest BCUT2D eigenvalue weighted by Gasteiger charge is 2.06. The Morgan fingerprint density at radius 2 is 2.62 bits per heavy atom. The summed E-state index contributed by atoms with van der Waals surface area (Å²) in [7, 11) is 0. The van der Waals surface area contributed by atoms with E-state index in [0.717, 1.165) is 19.3 Å². The standard InChI is InChI=1S/C7H11O/c8-6-7-4-2-1-3-5-7/h1,7-8H,2,4-6H2. The van der Waals surface area contributed by atoms with Gasteiger partial charge in [0.1, 0.15) is 0 Å². The lowest BCUT2D eigenvalue weighted by Crippen LogP contribution is -2.06. The monoisotopic (exact) mass is 111 g/mol. The van der Waals surface area contributed by atoms with Crippen LogP contribution in [0.3, 0.4) is 0 Å². The van der Waals surface area contributed by atoms with Crippen LogP contribution in [0.25, 0.3) is 0 Å². The lowest BCUT2D eigenvalue weighted by atomic mass is 9.96. The summed E-state index contributed by atoms with van der Waals surface area (Å²) in [6.07, 6.45) is 8.36. The molecule has 1 N–H and O–H groups in total. The summed E-state index contributed by atoms with van der Waals surface area (Å²) in [5.74, 6) is 0.500. The number of allylic oxidation sites excluding steroid dienone is 2. The predicted octanol–water partition coefficient (Wildman–Crippen LogP) is 1.14. The molecule has 1 aliphatic rings. The third kappa shape index (κ3) is 1.34. The van der Waals surface area contributed by atoms with Gasteiger partial charge < -0.3 is 5.11 Å². The Labute approximate surface area is 50.0 Å². The maximum absolute atomic E-state index is 8.64. The largest absolute Gasteiger partial charge is 0.396 e. The van der Waals surface area contributed by atoms with Gasteiger partial charge in [-0.2, -0.15) is 0 Å². The van der Waals surface area contributed by atoms with Crippen LogP contribution in [0, 0.1) is 12.0 Å². The molecule has 0 spiro atoms. The zero-order valence-corrected chi connectivity index (χ0v) is 4.93. The van der Waals surface area contributed by atoms with E-state index in [2.05, 4.69) is 12.2 Å². The molecule has 0 saturated carbocycles. The van der Waals surface area contributed by atoms with E-state index in [1.165, 1.54) is 0 Å². The molecule has 1 atom stereocenters. The maximum atomic E-state index is 8.64. The summed E-state index contributed by atoms with van der Waals surface area (Å²) >= 11 is 0. The minimum absolute atomic E-state index is 0.334. The van der Waals surface area contributed by atoms with E-state index in [9.17, 15) is 0 Å². The Balaban J connectivity index is 2.27. The van der Waals surface area contributed by atoms with Crippen molar-refractivity contribution in [2.75, 3.05) is 6.61 Å². The van der Waals surface area contributed by atoms with Crippen LogP contribution < -0.4 is 0 Å². The lowest BCUT2D eigenvalue weighted by molar-refractivity contribution is 0.216. The Morgan fingerprint density at radius 1 is 1.75 bits per heavy atom. The van der Waals surface area contributed by atoms with Gasteiger partial charge in [0.05, 0.1) is 0 Å². The van der Waals surface area contributed by atoms with Crippen molar-refractivity contribution in [3.8, 4) is 0 Å². The van der Waals surface area contributed by atoms with Crippen molar-refractivity contribution in [3.05, 3.63) is 12.2 Å². The SMILES string of the molecule is OCC1C[C]=CCC1. The van der Waals surface area contributed by atoms with E-state index in [1.54, 1.807) is 0 Å². The van der Waals surface area contributed by atoms with Crippen molar-refractivity contribution in [2.24, 2.45) is 5.92 Å². The maximum Gasteiger partial charge on any atom is 0.0462 e. The zero-order valence-electron chi connectivity index (χ0n) is 4.93. The van der Waals surface area contributed by atoms with Crippen molar-refractivity contribution >= 4 is 0 Å². The third-order valence-electron chi connectivity index (χ3n) is 1.53. The van der Waals surface area contributed by atoms with E-state index in [-0.39, 0.29) is 0 Å². The molecule has 0 aromatic heterocycles. The minimum Gasteiger partial charge on any atom is -0.396 e. The van der Waals surface area contributed by atoms with Crippen LogP contribution >= 0.6 is 0 Å². The fraction of sp³-hybridized carbons (Fsp3) is 0.714. The first-order chi connectivity index (χ1) is 3.93. The second-order valence-corrected chi connectivity index (χ2v) is 2.24. The second kappa shape index (κ2) is 2.88. The quantitative estimate of drug-likeness (QED) is 0.538.